The highest BCUT2D eigenvalue weighted by molar-refractivity contribution is 6.06. The molecule has 3 aliphatic rings. The number of benzene rings is 2. The van der Waals surface area contributed by atoms with E-state index >= 15 is 0 Å². The first kappa shape index (κ1) is 28.0. The van der Waals surface area contributed by atoms with E-state index in [9.17, 15) is 19.6 Å². The standard InChI is InChI=1S/C32H34N4O5/c1-19-17-23(20-13-15-35(16-14-20)30(37)22-9-10-22)11-12-25(19)36-28(32(39)41-3)27(31(38)40-2)26(24(18-33)29(36)34)21-7-5-4-6-8-21/h4-8,11-12,17,20,22,26H,9-10,13-16,34H2,1-3H3. The van der Waals surface area contributed by atoms with Crippen LogP contribution in [0.1, 0.15) is 54.2 Å². The number of carbonyl (C=O) groups is 3. The first-order chi connectivity index (χ1) is 19.8. The molecule has 5 rings (SSSR count). The Bertz CT molecular complexity index is 1480. The van der Waals surface area contributed by atoms with E-state index in [0.717, 1.165) is 49.9 Å². The third-order valence-electron chi connectivity index (χ3n) is 8.28. The van der Waals surface area contributed by atoms with Crippen molar-refractivity contribution in [2.75, 3.05) is 32.2 Å². The van der Waals surface area contributed by atoms with Crippen LogP contribution < -0.4 is 10.6 Å². The van der Waals surface area contributed by atoms with Crippen LogP contribution in [0.25, 0.3) is 0 Å². The first-order valence-electron chi connectivity index (χ1n) is 13.9. The molecule has 0 bridgehead atoms. The molecule has 0 aromatic heterocycles. The molecule has 0 spiro atoms. The maximum Gasteiger partial charge on any atom is 0.355 e. The molecule has 1 unspecified atom stereocenters. The number of allylic oxidation sites excluding steroid dienone is 1. The molecule has 1 aliphatic carbocycles. The summed E-state index contributed by atoms with van der Waals surface area (Å²) in [6.45, 7) is 3.39. The second kappa shape index (κ2) is 11.5. The fraction of sp³-hybridized carbons (Fsp3) is 0.375. The largest absolute Gasteiger partial charge is 0.466 e. The number of hydrogen-bond acceptors (Lipinski definition) is 8. The normalized spacial score (nSPS) is 19.6. The van der Waals surface area contributed by atoms with Crippen LogP contribution in [0, 0.1) is 24.2 Å². The third-order valence-corrected chi connectivity index (χ3v) is 8.28. The Kier molecular flexibility index (Phi) is 7.84. The number of anilines is 1. The Labute approximate surface area is 239 Å². The van der Waals surface area contributed by atoms with E-state index in [2.05, 4.69) is 6.07 Å². The van der Waals surface area contributed by atoms with Crippen LogP contribution in [-0.2, 0) is 23.9 Å². The summed E-state index contributed by atoms with van der Waals surface area (Å²) in [5, 5.41) is 10.3. The number of carbonyl (C=O) groups excluding carboxylic acids is 3. The van der Waals surface area contributed by atoms with E-state index in [4.69, 9.17) is 15.2 Å². The maximum absolute atomic E-state index is 13.3. The topological polar surface area (TPSA) is 126 Å². The van der Waals surface area contributed by atoms with E-state index in [0.29, 0.717) is 17.2 Å². The van der Waals surface area contributed by atoms with Crippen molar-refractivity contribution in [3.8, 4) is 6.07 Å². The average Bonchev–Trinajstić information content (AvgIpc) is 3.86. The van der Waals surface area contributed by atoms with Crippen molar-refractivity contribution in [1.29, 1.82) is 5.26 Å². The minimum atomic E-state index is -0.915. The number of hydrogen-bond donors (Lipinski definition) is 1. The van der Waals surface area contributed by atoms with Gasteiger partial charge in [0.2, 0.25) is 5.91 Å². The van der Waals surface area contributed by atoms with Crippen LogP contribution in [0.15, 0.2) is 71.2 Å². The molecular weight excluding hydrogens is 520 g/mol. The molecular formula is C32H34N4O5. The molecule has 2 aromatic carbocycles. The van der Waals surface area contributed by atoms with Gasteiger partial charge < -0.3 is 20.1 Å². The molecule has 2 N–H and O–H groups in total. The Morgan fingerprint density at radius 2 is 1.59 bits per heavy atom. The first-order valence-corrected chi connectivity index (χ1v) is 13.9. The zero-order valence-electron chi connectivity index (χ0n) is 23.6. The SMILES string of the molecule is COC(=O)C1=C(C(=O)OC)N(c2ccc(C3CCN(C(=O)C4CC4)CC3)cc2C)C(N)=C(C#N)C1c1ccccc1. The van der Waals surface area contributed by atoms with E-state index in [1.54, 1.807) is 24.3 Å². The Hall–Kier alpha value is -4.58. The van der Waals surface area contributed by atoms with E-state index in [-0.39, 0.29) is 34.5 Å². The van der Waals surface area contributed by atoms with Gasteiger partial charge >= 0.3 is 11.9 Å². The monoisotopic (exact) mass is 554 g/mol. The van der Waals surface area contributed by atoms with Gasteiger partial charge in [-0.1, -0.05) is 42.5 Å². The summed E-state index contributed by atoms with van der Waals surface area (Å²) >= 11 is 0. The molecule has 2 aliphatic heterocycles. The van der Waals surface area contributed by atoms with Crippen molar-refractivity contribution in [2.24, 2.45) is 11.7 Å². The number of amides is 1. The number of piperidine rings is 1. The van der Waals surface area contributed by atoms with Gasteiger partial charge in [0.1, 0.15) is 11.5 Å². The van der Waals surface area contributed by atoms with Gasteiger partial charge in [-0.2, -0.15) is 5.26 Å². The summed E-state index contributed by atoms with van der Waals surface area (Å²) in [7, 11) is 2.46. The van der Waals surface area contributed by atoms with Crippen LogP contribution in [0.2, 0.25) is 0 Å². The molecule has 2 heterocycles. The quantitative estimate of drug-likeness (QED) is 0.531. The number of rotatable bonds is 6. The zero-order valence-corrected chi connectivity index (χ0v) is 23.6. The minimum absolute atomic E-state index is 0.0209. The Balaban J connectivity index is 1.55. The van der Waals surface area contributed by atoms with Crippen molar-refractivity contribution in [1.82, 2.24) is 4.90 Å². The van der Waals surface area contributed by atoms with Crippen molar-refractivity contribution >= 4 is 23.5 Å². The zero-order chi connectivity index (χ0) is 29.3. The molecule has 212 valence electrons. The molecule has 9 heteroatoms. The van der Waals surface area contributed by atoms with Gasteiger partial charge in [-0.15, -0.1) is 0 Å². The summed E-state index contributed by atoms with van der Waals surface area (Å²) in [5.74, 6) is -1.61. The molecule has 0 radical (unpaired) electrons. The van der Waals surface area contributed by atoms with Crippen molar-refractivity contribution < 1.29 is 23.9 Å². The Morgan fingerprint density at radius 3 is 2.15 bits per heavy atom. The van der Waals surface area contributed by atoms with Gasteiger partial charge in [0.15, 0.2) is 0 Å². The minimum Gasteiger partial charge on any atom is -0.466 e. The highest BCUT2D eigenvalue weighted by Gasteiger charge is 2.43. The molecule has 2 aromatic rings. The summed E-state index contributed by atoms with van der Waals surface area (Å²) in [4.78, 5) is 42.5. The van der Waals surface area contributed by atoms with Crippen LogP contribution in [0.5, 0.6) is 0 Å². The van der Waals surface area contributed by atoms with Crippen molar-refractivity contribution in [3.63, 3.8) is 0 Å². The highest BCUT2D eigenvalue weighted by atomic mass is 16.5. The molecule has 1 saturated heterocycles. The second-order valence-corrected chi connectivity index (χ2v) is 10.8. The predicted molar refractivity (Wildman–Crippen MR) is 152 cm³/mol. The van der Waals surface area contributed by atoms with E-state index < -0.39 is 17.9 Å². The van der Waals surface area contributed by atoms with Crippen LogP contribution in [0.4, 0.5) is 5.69 Å². The third kappa shape index (κ3) is 5.18. The van der Waals surface area contributed by atoms with Gasteiger partial charge in [0.05, 0.1) is 43.0 Å². The lowest BCUT2D eigenvalue weighted by atomic mass is 9.80. The van der Waals surface area contributed by atoms with Crippen LogP contribution in [-0.4, -0.2) is 50.1 Å². The van der Waals surface area contributed by atoms with Crippen LogP contribution in [0.3, 0.4) is 0 Å². The molecule has 2 fully saturated rings. The van der Waals surface area contributed by atoms with Crippen LogP contribution >= 0.6 is 0 Å². The number of nitrogens with zero attached hydrogens (tertiary/aromatic N) is 3. The second-order valence-electron chi connectivity index (χ2n) is 10.8. The number of likely N-dealkylation sites (tertiary alicyclic amines) is 1. The number of esters is 2. The lowest BCUT2D eigenvalue weighted by Crippen LogP contribution is -2.41. The fourth-order valence-corrected chi connectivity index (χ4v) is 5.97. The molecule has 1 atom stereocenters. The van der Waals surface area contributed by atoms with Gasteiger partial charge in [-0.05, 0) is 61.3 Å². The van der Waals surface area contributed by atoms with Gasteiger partial charge in [0.25, 0.3) is 0 Å². The Morgan fingerprint density at radius 1 is 0.927 bits per heavy atom. The lowest BCUT2D eigenvalue weighted by Gasteiger charge is -2.37. The van der Waals surface area contributed by atoms with Gasteiger partial charge in [-0.3, -0.25) is 9.69 Å². The van der Waals surface area contributed by atoms with Crippen molar-refractivity contribution in [2.45, 2.75) is 44.4 Å². The molecule has 9 nitrogen and oxygen atoms in total. The number of methoxy groups -OCH3 is 2. The van der Waals surface area contributed by atoms with E-state index in [1.807, 2.05) is 36.1 Å². The molecule has 1 saturated carbocycles. The average molecular weight is 555 g/mol. The molecule has 1 amide bonds. The number of aryl methyl sites for hydroxylation is 1. The van der Waals surface area contributed by atoms with Gasteiger partial charge in [0, 0.05) is 19.0 Å². The predicted octanol–water partition coefficient (Wildman–Crippen LogP) is 4.01. The van der Waals surface area contributed by atoms with Gasteiger partial charge in [-0.25, -0.2) is 9.59 Å². The number of nitriles is 1. The number of ether oxygens (including phenoxy) is 2. The smallest absolute Gasteiger partial charge is 0.355 e. The summed E-state index contributed by atoms with van der Waals surface area (Å²) in [5.41, 5.74) is 9.77. The summed E-state index contributed by atoms with van der Waals surface area (Å²) in [6, 6.07) is 17.0. The maximum atomic E-state index is 13.3. The molecule has 41 heavy (non-hydrogen) atoms. The van der Waals surface area contributed by atoms with Crippen molar-refractivity contribution in [3.05, 3.63) is 87.9 Å². The lowest BCUT2D eigenvalue weighted by molar-refractivity contribution is -0.139. The highest BCUT2D eigenvalue weighted by Crippen LogP contribution is 2.44. The number of nitrogens with two attached hydrogens (primary N) is 1. The van der Waals surface area contributed by atoms with E-state index in [1.165, 1.54) is 19.1 Å². The summed E-state index contributed by atoms with van der Waals surface area (Å²) < 4.78 is 10.3. The summed E-state index contributed by atoms with van der Waals surface area (Å²) in [6.07, 6.45) is 3.76. The fourth-order valence-electron chi connectivity index (χ4n) is 5.97.